The van der Waals surface area contributed by atoms with Gasteiger partial charge >= 0.3 is 0 Å². The normalized spacial score (nSPS) is 12.9. The van der Waals surface area contributed by atoms with E-state index in [1.54, 1.807) is 0 Å². The molecule has 0 saturated heterocycles. The van der Waals surface area contributed by atoms with E-state index in [9.17, 15) is 0 Å². The van der Waals surface area contributed by atoms with E-state index in [4.69, 9.17) is 9.84 Å². The van der Waals surface area contributed by atoms with Crippen LogP contribution in [0.4, 0.5) is 0 Å². The minimum atomic E-state index is -0.0497. The van der Waals surface area contributed by atoms with Crippen molar-refractivity contribution >= 4 is 15.9 Å². The summed E-state index contributed by atoms with van der Waals surface area (Å²) in [6, 6.07) is 5.84. The third-order valence-electron chi connectivity index (χ3n) is 2.53. The summed E-state index contributed by atoms with van der Waals surface area (Å²) in [7, 11) is 0. The molecule has 3 rings (SSSR count). The van der Waals surface area contributed by atoms with Crippen molar-refractivity contribution in [1.29, 1.82) is 0 Å². The Kier molecular flexibility index (Phi) is 2.22. The highest BCUT2D eigenvalue weighted by atomic mass is 79.9. The zero-order chi connectivity index (χ0) is 11.1. The molecule has 0 unspecified atom stereocenters. The molecule has 0 aliphatic carbocycles. The van der Waals surface area contributed by atoms with Crippen molar-refractivity contribution in [3.8, 4) is 11.4 Å². The van der Waals surface area contributed by atoms with Crippen molar-refractivity contribution in [1.82, 2.24) is 9.55 Å². The van der Waals surface area contributed by atoms with Crippen LogP contribution in [0.15, 0.2) is 28.9 Å². The smallest absolute Gasteiger partial charge is 0.151 e. The average molecular weight is 281 g/mol. The first-order valence-corrected chi connectivity index (χ1v) is 5.68. The molecule has 1 aromatic carbocycles. The van der Waals surface area contributed by atoms with Gasteiger partial charge in [-0.1, -0.05) is 15.9 Å². The molecule has 0 spiro atoms. The summed E-state index contributed by atoms with van der Waals surface area (Å²) < 4.78 is 8.53. The Bertz CT molecular complexity index is 551. The molecule has 1 N–H and O–H groups in total. The second-order valence-corrected chi connectivity index (χ2v) is 4.49. The van der Waals surface area contributed by atoms with Crippen molar-refractivity contribution < 1.29 is 9.84 Å². The van der Waals surface area contributed by atoms with Crippen LogP contribution >= 0.6 is 15.9 Å². The van der Waals surface area contributed by atoms with Gasteiger partial charge in [-0.25, -0.2) is 4.98 Å². The van der Waals surface area contributed by atoms with Gasteiger partial charge in [0.05, 0.1) is 18.0 Å². The van der Waals surface area contributed by atoms with E-state index in [-0.39, 0.29) is 6.61 Å². The highest BCUT2D eigenvalue weighted by molar-refractivity contribution is 9.10. The number of hydrogen-bond donors (Lipinski definition) is 1. The average Bonchev–Trinajstić information content (AvgIpc) is 2.71. The fourth-order valence-corrected chi connectivity index (χ4v) is 2.14. The summed E-state index contributed by atoms with van der Waals surface area (Å²) in [5, 5.41) is 9.05. The molecule has 4 nitrogen and oxygen atoms in total. The number of aliphatic hydroxyl groups is 1. The number of imidazole rings is 1. The predicted octanol–water partition coefficient (Wildman–Crippen LogP) is 2.02. The lowest BCUT2D eigenvalue weighted by atomic mass is 10.2. The van der Waals surface area contributed by atoms with Gasteiger partial charge in [0.15, 0.2) is 5.82 Å². The van der Waals surface area contributed by atoms with Crippen LogP contribution in [-0.2, 0) is 13.2 Å². The van der Waals surface area contributed by atoms with E-state index < -0.39 is 0 Å². The number of aromatic nitrogens is 2. The molecular weight excluding hydrogens is 272 g/mol. The van der Waals surface area contributed by atoms with Crippen LogP contribution in [0.25, 0.3) is 5.69 Å². The molecule has 16 heavy (non-hydrogen) atoms. The van der Waals surface area contributed by atoms with E-state index >= 15 is 0 Å². The maximum absolute atomic E-state index is 9.05. The van der Waals surface area contributed by atoms with Gasteiger partial charge in [-0.05, 0) is 18.2 Å². The van der Waals surface area contributed by atoms with Gasteiger partial charge in [-0.2, -0.15) is 0 Å². The molecule has 2 aromatic rings. The number of rotatable bonds is 1. The van der Waals surface area contributed by atoms with Crippen LogP contribution in [0.3, 0.4) is 0 Å². The summed E-state index contributed by atoms with van der Waals surface area (Å²) >= 11 is 3.40. The Morgan fingerprint density at radius 2 is 2.38 bits per heavy atom. The van der Waals surface area contributed by atoms with Crippen LogP contribution in [0, 0.1) is 0 Å². The van der Waals surface area contributed by atoms with E-state index in [1.165, 1.54) is 0 Å². The van der Waals surface area contributed by atoms with Gasteiger partial charge in [-0.3, -0.25) is 4.57 Å². The Balaban J connectivity index is 2.18. The SMILES string of the molecule is OCc1cn2c(n1)COc1cc(Br)ccc1-2. The molecule has 1 aromatic heterocycles. The van der Waals surface area contributed by atoms with Crippen molar-refractivity contribution in [2.75, 3.05) is 0 Å². The molecule has 5 heteroatoms. The molecule has 0 saturated carbocycles. The zero-order valence-electron chi connectivity index (χ0n) is 8.35. The maximum atomic E-state index is 9.05. The Morgan fingerprint density at radius 3 is 3.19 bits per heavy atom. The summed E-state index contributed by atoms with van der Waals surface area (Å²) in [4.78, 5) is 4.27. The van der Waals surface area contributed by atoms with E-state index in [2.05, 4.69) is 20.9 Å². The first-order valence-electron chi connectivity index (χ1n) is 4.88. The monoisotopic (exact) mass is 280 g/mol. The lowest BCUT2D eigenvalue weighted by Crippen LogP contribution is -2.12. The van der Waals surface area contributed by atoms with Gasteiger partial charge < -0.3 is 9.84 Å². The zero-order valence-corrected chi connectivity index (χ0v) is 9.94. The fourth-order valence-electron chi connectivity index (χ4n) is 1.80. The third kappa shape index (κ3) is 1.44. The van der Waals surface area contributed by atoms with E-state index in [0.717, 1.165) is 21.7 Å². The molecule has 1 aliphatic rings. The highest BCUT2D eigenvalue weighted by Gasteiger charge is 2.18. The van der Waals surface area contributed by atoms with Crippen LogP contribution in [0.5, 0.6) is 5.75 Å². The first-order chi connectivity index (χ1) is 7.78. The Labute approximate surface area is 101 Å². The fraction of sp³-hybridized carbons (Fsp3) is 0.182. The van der Waals surface area contributed by atoms with Crippen LogP contribution in [-0.4, -0.2) is 14.7 Å². The highest BCUT2D eigenvalue weighted by Crippen LogP contribution is 2.32. The Hall–Kier alpha value is -1.33. The summed E-state index contributed by atoms with van der Waals surface area (Å²) in [5.74, 6) is 1.64. The Morgan fingerprint density at radius 1 is 1.50 bits per heavy atom. The summed E-state index contributed by atoms with van der Waals surface area (Å²) in [6.07, 6.45) is 1.84. The van der Waals surface area contributed by atoms with Gasteiger partial charge in [0, 0.05) is 10.7 Å². The molecule has 82 valence electrons. The van der Waals surface area contributed by atoms with Gasteiger partial charge in [0.1, 0.15) is 12.4 Å². The summed E-state index contributed by atoms with van der Waals surface area (Å²) in [6.45, 7) is 0.384. The summed E-state index contributed by atoms with van der Waals surface area (Å²) in [5.41, 5.74) is 1.62. The topological polar surface area (TPSA) is 47.3 Å². The molecule has 0 fully saturated rings. The third-order valence-corrected chi connectivity index (χ3v) is 3.02. The largest absolute Gasteiger partial charge is 0.483 e. The van der Waals surface area contributed by atoms with Crippen molar-refractivity contribution in [2.45, 2.75) is 13.2 Å². The van der Waals surface area contributed by atoms with Gasteiger partial charge in [-0.15, -0.1) is 0 Å². The molecule has 0 radical (unpaired) electrons. The number of fused-ring (bicyclic) bond motifs is 3. The van der Waals surface area contributed by atoms with Gasteiger partial charge in [0.25, 0.3) is 0 Å². The number of aliphatic hydroxyl groups excluding tert-OH is 1. The molecule has 2 heterocycles. The standard InChI is InChI=1S/C11H9BrN2O2/c12-7-1-2-9-10(3-7)16-6-11-13-8(5-15)4-14(9)11/h1-4,15H,5-6H2. The number of ether oxygens (including phenoxy) is 1. The van der Waals surface area contributed by atoms with Gasteiger partial charge in [0.2, 0.25) is 0 Å². The van der Waals surface area contributed by atoms with Crippen molar-refractivity contribution in [3.05, 3.63) is 40.4 Å². The molecule has 0 bridgehead atoms. The van der Waals surface area contributed by atoms with Crippen LogP contribution < -0.4 is 4.74 Å². The minimum absolute atomic E-state index is 0.0497. The number of nitrogens with zero attached hydrogens (tertiary/aromatic N) is 2. The van der Waals surface area contributed by atoms with E-state index in [1.807, 2.05) is 29.0 Å². The second-order valence-electron chi connectivity index (χ2n) is 3.58. The molecular formula is C11H9BrN2O2. The van der Waals surface area contributed by atoms with Crippen LogP contribution in [0.1, 0.15) is 11.5 Å². The second kappa shape index (κ2) is 3.61. The molecule has 0 amide bonds. The first kappa shape index (κ1) is 9.86. The molecule has 1 aliphatic heterocycles. The van der Waals surface area contributed by atoms with Crippen molar-refractivity contribution in [2.24, 2.45) is 0 Å². The quantitative estimate of drug-likeness (QED) is 0.870. The minimum Gasteiger partial charge on any atom is -0.483 e. The number of hydrogen-bond acceptors (Lipinski definition) is 3. The van der Waals surface area contributed by atoms with E-state index in [0.29, 0.717) is 12.3 Å². The lowest BCUT2D eigenvalue weighted by Gasteiger charge is -2.19. The predicted molar refractivity (Wildman–Crippen MR) is 61.5 cm³/mol. The van der Waals surface area contributed by atoms with Crippen molar-refractivity contribution in [3.63, 3.8) is 0 Å². The lowest BCUT2D eigenvalue weighted by molar-refractivity contribution is 0.272. The molecule has 0 atom stereocenters. The van der Waals surface area contributed by atoms with Crippen LogP contribution in [0.2, 0.25) is 0 Å². The number of halogens is 1. The maximum Gasteiger partial charge on any atom is 0.151 e. The number of benzene rings is 1.